The van der Waals surface area contributed by atoms with Gasteiger partial charge in [-0.1, -0.05) is 6.07 Å². The average Bonchev–Trinajstić information content (AvgIpc) is 2.89. The number of benzene rings is 1. The van der Waals surface area contributed by atoms with Crippen LogP contribution in [0.15, 0.2) is 22.6 Å². The predicted molar refractivity (Wildman–Crippen MR) is 74.9 cm³/mol. The molecule has 1 aliphatic rings. The molecule has 7 nitrogen and oxygen atoms in total. The number of carbonyl (C=O) groups is 1. The van der Waals surface area contributed by atoms with E-state index < -0.39 is 0 Å². The highest BCUT2D eigenvalue weighted by molar-refractivity contribution is 5.95. The van der Waals surface area contributed by atoms with Crippen LogP contribution >= 0.6 is 0 Å². The molecule has 110 valence electrons. The largest absolute Gasteiger partial charge is 0.482 e. The molecule has 0 fully saturated rings. The van der Waals surface area contributed by atoms with Crippen LogP contribution in [0.2, 0.25) is 0 Å². The minimum absolute atomic E-state index is 0.0661. The van der Waals surface area contributed by atoms with Gasteiger partial charge in [0.25, 0.3) is 5.91 Å². The molecule has 0 spiro atoms. The third-order valence-corrected chi connectivity index (χ3v) is 3.26. The van der Waals surface area contributed by atoms with Crippen molar-refractivity contribution in [1.29, 1.82) is 0 Å². The molecule has 1 atom stereocenters. The number of hydrogen-bond donors (Lipinski definition) is 2. The Morgan fingerprint density at radius 1 is 1.43 bits per heavy atom. The Morgan fingerprint density at radius 3 is 3.05 bits per heavy atom. The molecule has 0 saturated carbocycles. The summed E-state index contributed by atoms with van der Waals surface area (Å²) in [6, 6.07) is 5.80. The van der Waals surface area contributed by atoms with E-state index in [0.29, 0.717) is 29.8 Å². The van der Waals surface area contributed by atoms with Gasteiger partial charge in [0.05, 0.1) is 12.2 Å². The molecule has 0 bridgehead atoms. The fourth-order valence-electron chi connectivity index (χ4n) is 2.14. The van der Waals surface area contributed by atoms with Crippen molar-refractivity contribution in [3.63, 3.8) is 0 Å². The van der Waals surface area contributed by atoms with Gasteiger partial charge in [-0.3, -0.25) is 4.79 Å². The van der Waals surface area contributed by atoms with Crippen LogP contribution in [0.25, 0.3) is 0 Å². The molecule has 2 heterocycles. The first-order valence-electron chi connectivity index (χ1n) is 6.71. The zero-order valence-electron chi connectivity index (χ0n) is 11.8. The van der Waals surface area contributed by atoms with E-state index in [-0.39, 0.29) is 18.6 Å². The van der Waals surface area contributed by atoms with Crippen molar-refractivity contribution in [3.05, 3.63) is 35.5 Å². The lowest BCUT2D eigenvalue weighted by molar-refractivity contribution is -0.118. The number of carbonyl (C=O) groups excluding carboxylic acids is 1. The molecule has 1 unspecified atom stereocenters. The molecule has 0 aliphatic carbocycles. The molecule has 21 heavy (non-hydrogen) atoms. The quantitative estimate of drug-likeness (QED) is 0.887. The smallest absolute Gasteiger partial charge is 0.262 e. The third kappa shape index (κ3) is 3.03. The van der Waals surface area contributed by atoms with Crippen LogP contribution in [0, 0.1) is 6.92 Å². The second kappa shape index (κ2) is 5.53. The molecule has 1 amide bonds. The third-order valence-electron chi connectivity index (χ3n) is 3.26. The molecule has 1 aliphatic heterocycles. The number of nitrogens with one attached hydrogen (secondary N) is 2. The second-order valence-corrected chi connectivity index (χ2v) is 4.91. The van der Waals surface area contributed by atoms with Gasteiger partial charge >= 0.3 is 0 Å². The normalized spacial score (nSPS) is 15.0. The number of aryl methyl sites for hydroxylation is 1. The van der Waals surface area contributed by atoms with Crippen molar-refractivity contribution in [3.8, 4) is 5.75 Å². The first kappa shape index (κ1) is 13.6. The van der Waals surface area contributed by atoms with E-state index in [1.165, 1.54) is 0 Å². The van der Waals surface area contributed by atoms with Gasteiger partial charge in [-0.2, -0.15) is 0 Å². The number of ether oxygens (including phenoxy) is 1. The van der Waals surface area contributed by atoms with Crippen LogP contribution < -0.4 is 15.4 Å². The van der Waals surface area contributed by atoms with E-state index >= 15 is 0 Å². The monoisotopic (exact) mass is 288 g/mol. The highest BCUT2D eigenvalue weighted by atomic mass is 16.5. The van der Waals surface area contributed by atoms with Crippen molar-refractivity contribution in [2.75, 3.05) is 11.9 Å². The molecule has 3 rings (SSSR count). The molecular formula is C14H16N4O3. The van der Waals surface area contributed by atoms with E-state index in [2.05, 4.69) is 20.8 Å². The van der Waals surface area contributed by atoms with Gasteiger partial charge in [0.15, 0.2) is 6.61 Å². The number of amides is 1. The number of anilines is 1. The first-order valence-corrected chi connectivity index (χ1v) is 6.71. The van der Waals surface area contributed by atoms with Gasteiger partial charge in [-0.05, 0) is 24.6 Å². The van der Waals surface area contributed by atoms with E-state index in [1.54, 1.807) is 6.92 Å². The summed E-state index contributed by atoms with van der Waals surface area (Å²) in [6.45, 7) is 4.33. The average molecular weight is 288 g/mol. The lowest BCUT2D eigenvalue weighted by atomic mass is 10.1. The van der Waals surface area contributed by atoms with Gasteiger partial charge in [-0.25, -0.2) is 0 Å². The van der Waals surface area contributed by atoms with E-state index in [9.17, 15) is 4.79 Å². The molecule has 2 aromatic rings. The highest BCUT2D eigenvalue weighted by Gasteiger charge is 2.17. The van der Waals surface area contributed by atoms with E-state index in [0.717, 1.165) is 5.56 Å². The molecule has 2 N–H and O–H groups in total. The van der Waals surface area contributed by atoms with Gasteiger partial charge in [0.1, 0.15) is 5.75 Å². The Morgan fingerprint density at radius 2 is 2.29 bits per heavy atom. The molecule has 0 saturated heterocycles. The summed E-state index contributed by atoms with van der Waals surface area (Å²) in [5.41, 5.74) is 1.74. The summed E-state index contributed by atoms with van der Waals surface area (Å²) in [5.74, 6) is 1.65. The molecule has 0 radical (unpaired) electrons. The zero-order chi connectivity index (χ0) is 14.8. The maximum absolute atomic E-state index is 11.3. The van der Waals surface area contributed by atoms with Crippen molar-refractivity contribution >= 4 is 11.6 Å². The van der Waals surface area contributed by atoms with Crippen molar-refractivity contribution in [2.24, 2.45) is 0 Å². The highest BCUT2D eigenvalue weighted by Crippen LogP contribution is 2.30. The molecular weight excluding hydrogens is 272 g/mol. The molecule has 1 aromatic heterocycles. The SMILES string of the molecule is Cc1nnc(CNC(C)c2ccc3c(c2)NC(=O)CO3)o1. The van der Waals surface area contributed by atoms with Crippen molar-refractivity contribution in [2.45, 2.75) is 26.4 Å². The number of aromatic nitrogens is 2. The second-order valence-electron chi connectivity index (χ2n) is 4.91. The van der Waals surface area contributed by atoms with Crippen LogP contribution in [0.1, 0.15) is 30.3 Å². The van der Waals surface area contributed by atoms with E-state index in [1.807, 2.05) is 25.1 Å². The van der Waals surface area contributed by atoms with Gasteiger partial charge < -0.3 is 19.8 Å². The number of nitrogens with zero attached hydrogens (tertiary/aromatic N) is 2. The fraction of sp³-hybridized carbons (Fsp3) is 0.357. The van der Waals surface area contributed by atoms with Crippen molar-refractivity contribution < 1.29 is 13.9 Å². The number of rotatable bonds is 4. The lowest BCUT2D eigenvalue weighted by Gasteiger charge is -2.20. The van der Waals surface area contributed by atoms with Crippen LogP contribution in [0.3, 0.4) is 0 Å². The Bertz CT molecular complexity index is 668. The Labute approximate surface area is 121 Å². The molecule has 1 aromatic carbocycles. The Kier molecular flexibility index (Phi) is 3.57. The van der Waals surface area contributed by atoms with Crippen LogP contribution in [0.5, 0.6) is 5.75 Å². The van der Waals surface area contributed by atoms with Gasteiger partial charge in [-0.15, -0.1) is 10.2 Å². The maximum atomic E-state index is 11.3. The topological polar surface area (TPSA) is 89.3 Å². The fourth-order valence-corrected chi connectivity index (χ4v) is 2.14. The standard InChI is InChI=1S/C14H16N4O3/c1-8(15-6-14-18-17-9(2)21-14)10-3-4-12-11(5-10)16-13(19)7-20-12/h3-5,8,15H,6-7H2,1-2H3,(H,16,19). The summed E-state index contributed by atoms with van der Waals surface area (Å²) in [7, 11) is 0. The summed E-state index contributed by atoms with van der Waals surface area (Å²) < 4.78 is 10.6. The summed E-state index contributed by atoms with van der Waals surface area (Å²) in [4.78, 5) is 11.3. The van der Waals surface area contributed by atoms with Gasteiger partial charge in [0.2, 0.25) is 11.8 Å². The molecule has 7 heteroatoms. The zero-order valence-corrected chi connectivity index (χ0v) is 11.8. The predicted octanol–water partition coefficient (Wildman–Crippen LogP) is 1.56. The van der Waals surface area contributed by atoms with Crippen LogP contribution in [-0.2, 0) is 11.3 Å². The van der Waals surface area contributed by atoms with Crippen molar-refractivity contribution in [1.82, 2.24) is 15.5 Å². The maximum Gasteiger partial charge on any atom is 0.262 e. The lowest BCUT2D eigenvalue weighted by Crippen LogP contribution is -2.26. The van der Waals surface area contributed by atoms with Gasteiger partial charge in [0, 0.05) is 13.0 Å². The Balaban J connectivity index is 1.68. The van der Waals surface area contributed by atoms with Crippen LogP contribution in [-0.4, -0.2) is 22.7 Å². The van der Waals surface area contributed by atoms with E-state index in [4.69, 9.17) is 9.15 Å². The minimum Gasteiger partial charge on any atom is -0.482 e. The minimum atomic E-state index is -0.137. The summed E-state index contributed by atoms with van der Waals surface area (Å²) >= 11 is 0. The first-order chi connectivity index (χ1) is 10.1. The summed E-state index contributed by atoms with van der Waals surface area (Å²) in [6.07, 6.45) is 0. The Hall–Kier alpha value is -2.41. The summed E-state index contributed by atoms with van der Waals surface area (Å²) in [5, 5.41) is 13.8. The van der Waals surface area contributed by atoms with Crippen LogP contribution in [0.4, 0.5) is 5.69 Å². The number of hydrogen-bond acceptors (Lipinski definition) is 6. The number of fused-ring (bicyclic) bond motifs is 1.